The average Bonchev–Trinajstić information content (AvgIpc) is 2.50. The number of hydrogen-bond acceptors (Lipinski definition) is 3. The van der Waals surface area contributed by atoms with Crippen LogP contribution >= 0.6 is 0 Å². The van der Waals surface area contributed by atoms with Crippen molar-refractivity contribution in [2.45, 2.75) is 13.8 Å². The summed E-state index contributed by atoms with van der Waals surface area (Å²) in [5.74, 6) is 5.94. The molecular weight excluding hydrogens is 274 g/mol. The standard InChI is InChI=1S/C19H15NO2/c1-12-3-5-14(6-4-12)7-9-16-13(2)17-11-15(20)8-10-18(17)22-19(16)21/h3-6,8,10-11H,20H2,1-2H3. The molecule has 0 aliphatic carbocycles. The van der Waals surface area contributed by atoms with Crippen LogP contribution in [0.1, 0.15) is 22.3 Å². The van der Waals surface area contributed by atoms with Gasteiger partial charge in [-0.2, -0.15) is 0 Å². The summed E-state index contributed by atoms with van der Waals surface area (Å²) in [4.78, 5) is 12.1. The van der Waals surface area contributed by atoms with Crippen LogP contribution in [-0.2, 0) is 0 Å². The summed E-state index contributed by atoms with van der Waals surface area (Å²) in [6.45, 7) is 3.88. The van der Waals surface area contributed by atoms with Crippen LogP contribution in [0.5, 0.6) is 0 Å². The summed E-state index contributed by atoms with van der Waals surface area (Å²) >= 11 is 0. The monoisotopic (exact) mass is 289 g/mol. The van der Waals surface area contributed by atoms with Crippen LogP contribution in [0, 0.1) is 25.7 Å². The first kappa shape index (κ1) is 14.0. The van der Waals surface area contributed by atoms with Crippen molar-refractivity contribution < 1.29 is 4.42 Å². The number of nitrogens with two attached hydrogens (primary N) is 1. The number of nitrogen functional groups attached to an aromatic ring is 1. The van der Waals surface area contributed by atoms with Crippen LogP contribution in [0.15, 0.2) is 51.7 Å². The topological polar surface area (TPSA) is 56.2 Å². The lowest BCUT2D eigenvalue weighted by Crippen LogP contribution is -2.07. The highest BCUT2D eigenvalue weighted by Crippen LogP contribution is 2.21. The molecule has 2 N–H and O–H groups in total. The Labute approximate surface area is 128 Å². The molecule has 0 saturated carbocycles. The maximum Gasteiger partial charge on any atom is 0.352 e. The quantitative estimate of drug-likeness (QED) is 0.392. The van der Waals surface area contributed by atoms with E-state index < -0.39 is 5.63 Å². The van der Waals surface area contributed by atoms with Gasteiger partial charge in [-0.1, -0.05) is 29.5 Å². The number of anilines is 1. The molecule has 0 bridgehead atoms. The van der Waals surface area contributed by atoms with Gasteiger partial charge in [0.1, 0.15) is 11.1 Å². The van der Waals surface area contributed by atoms with Crippen molar-refractivity contribution in [2.75, 3.05) is 5.73 Å². The van der Waals surface area contributed by atoms with E-state index in [-0.39, 0.29) is 0 Å². The van der Waals surface area contributed by atoms with Gasteiger partial charge in [0, 0.05) is 16.6 Å². The maximum absolute atomic E-state index is 12.1. The first-order valence-electron chi connectivity index (χ1n) is 6.96. The smallest absolute Gasteiger partial charge is 0.352 e. The third-order valence-electron chi connectivity index (χ3n) is 3.57. The van der Waals surface area contributed by atoms with Gasteiger partial charge in [-0.3, -0.25) is 0 Å². The summed E-state index contributed by atoms with van der Waals surface area (Å²) in [6, 6.07) is 13.0. The van der Waals surface area contributed by atoms with E-state index in [1.165, 1.54) is 5.56 Å². The fourth-order valence-electron chi connectivity index (χ4n) is 2.28. The summed E-state index contributed by atoms with van der Waals surface area (Å²) < 4.78 is 5.32. The summed E-state index contributed by atoms with van der Waals surface area (Å²) in [5, 5.41) is 0.813. The van der Waals surface area contributed by atoms with E-state index in [1.807, 2.05) is 38.1 Å². The number of benzene rings is 2. The molecule has 0 radical (unpaired) electrons. The van der Waals surface area contributed by atoms with Gasteiger partial charge < -0.3 is 10.2 Å². The third kappa shape index (κ3) is 2.59. The Kier molecular flexibility index (Phi) is 3.44. The zero-order valence-corrected chi connectivity index (χ0v) is 12.4. The largest absolute Gasteiger partial charge is 0.422 e. The molecule has 2 aromatic carbocycles. The van der Waals surface area contributed by atoms with E-state index in [0.29, 0.717) is 16.8 Å². The molecule has 0 aliphatic heterocycles. The molecule has 22 heavy (non-hydrogen) atoms. The second-order valence-electron chi connectivity index (χ2n) is 5.26. The van der Waals surface area contributed by atoms with Crippen LogP contribution in [-0.4, -0.2) is 0 Å². The van der Waals surface area contributed by atoms with Crippen molar-refractivity contribution in [3.63, 3.8) is 0 Å². The third-order valence-corrected chi connectivity index (χ3v) is 3.57. The number of rotatable bonds is 0. The number of fused-ring (bicyclic) bond motifs is 1. The second kappa shape index (κ2) is 5.42. The minimum atomic E-state index is -0.422. The minimum Gasteiger partial charge on any atom is -0.422 e. The predicted molar refractivity (Wildman–Crippen MR) is 88.8 cm³/mol. The van der Waals surface area contributed by atoms with Crippen LogP contribution in [0.2, 0.25) is 0 Å². The normalized spacial score (nSPS) is 10.3. The number of hydrogen-bond donors (Lipinski definition) is 1. The lowest BCUT2D eigenvalue weighted by Gasteiger charge is -2.04. The van der Waals surface area contributed by atoms with Gasteiger partial charge in [-0.15, -0.1) is 0 Å². The van der Waals surface area contributed by atoms with Gasteiger partial charge in [0.25, 0.3) is 0 Å². The van der Waals surface area contributed by atoms with E-state index in [9.17, 15) is 4.79 Å². The van der Waals surface area contributed by atoms with Crippen LogP contribution in [0.25, 0.3) is 11.0 Å². The minimum absolute atomic E-state index is 0.374. The van der Waals surface area contributed by atoms with Gasteiger partial charge in [0.05, 0.1) is 0 Å². The molecule has 0 fully saturated rings. The van der Waals surface area contributed by atoms with Gasteiger partial charge >= 0.3 is 5.63 Å². The summed E-state index contributed by atoms with van der Waals surface area (Å²) in [7, 11) is 0. The first-order valence-corrected chi connectivity index (χ1v) is 6.96. The molecule has 3 rings (SSSR count). The first-order chi connectivity index (χ1) is 10.5. The zero-order chi connectivity index (χ0) is 15.7. The highest BCUT2D eigenvalue weighted by atomic mass is 16.4. The van der Waals surface area contributed by atoms with Crippen molar-refractivity contribution in [3.05, 3.63) is 75.1 Å². The van der Waals surface area contributed by atoms with Crippen molar-refractivity contribution in [1.29, 1.82) is 0 Å². The highest BCUT2D eigenvalue weighted by molar-refractivity contribution is 5.84. The Bertz CT molecular complexity index is 970. The second-order valence-corrected chi connectivity index (χ2v) is 5.26. The van der Waals surface area contributed by atoms with Gasteiger partial charge in [-0.25, -0.2) is 4.79 Å². The summed E-state index contributed by atoms with van der Waals surface area (Å²) in [6.07, 6.45) is 0. The van der Waals surface area contributed by atoms with Gasteiger partial charge in [0.15, 0.2) is 0 Å². The number of aryl methyl sites for hydroxylation is 2. The Hall–Kier alpha value is -2.99. The molecule has 3 aromatic rings. The van der Waals surface area contributed by atoms with Crippen LogP contribution in [0.3, 0.4) is 0 Å². The lowest BCUT2D eigenvalue weighted by molar-refractivity contribution is 0.557. The van der Waals surface area contributed by atoms with E-state index in [2.05, 4.69) is 11.8 Å². The molecule has 0 atom stereocenters. The van der Waals surface area contributed by atoms with Crippen molar-refractivity contribution >= 4 is 16.7 Å². The molecule has 1 aromatic heterocycles. The molecule has 1 heterocycles. The SMILES string of the molecule is Cc1ccc(C#Cc2c(C)c3cc(N)ccc3oc2=O)cc1. The fraction of sp³-hybridized carbons (Fsp3) is 0.105. The molecule has 0 spiro atoms. The van der Waals surface area contributed by atoms with Crippen LogP contribution < -0.4 is 11.4 Å². The molecule has 0 aliphatic rings. The molecule has 0 unspecified atom stereocenters. The van der Waals surface area contributed by atoms with E-state index in [1.54, 1.807) is 18.2 Å². The molecule has 0 saturated heterocycles. The fourth-order valence-corrected chi connectivity index (χ4v) is 2.28. The lowest BCUT2D eigenvalue weighted by atomic mass is 10.1. The highest BCUT2D eigenvalue weighted by Gasteiger charge is 2.09. The average molecular weight is 289 g/mol. The maximum atomic E-state index is 12.1. The molecular formula is C19H15NO2. The van der Waals surface area contributed by atoms with E-state index in [4.69, 9.17) is 10.2 Å². The Morgan fingerprint density at radius 2 is 1.73 bits per heavy atom. The zero-order valence-electron chi connectivity index (χ0n) is 12.4. The van der Waals surface area contributed by atoms with E-state index in [0.717, 1.165) is 16.5 Å². The van der Waals surface area contributed by atoms with Gasteiger partial charge in [0.2, 0.25) is 0 Å². The molecule has 0 amide bonds. The Morgan fingerprint density at radius 3 is 2.45 bits per heavy atom. The molecule has 108 valence electrons. The Balaban J connectivity index is 2.15. The molecule has 3 nitrogen and oxygen atoms in total. The van der Waals surface area contributed by atoms with Crippen molar-refractivity contribution in [3.8, 4) is 11.8 Å². The van der Waals surface area contributed by atoms with Crippen molar-refractivity contribution in [1.82, 2.24) is 0 Å². The Morgan fingerprint density at radius 1 is 1.00 bits per heavy atom. The van der Waals surface area contributed by atoms with Gasteiger partial charge in [-0.05, 0) is 49.7 Å². The molecule has 3 heteroatoms. The van der Waals surface area contributed by atoms with Crippen LogP contribution in [0.4, 0.5) is 5.69 Å². The predicted octanol–water partition coefficient (Wildman–Crippen LogP) is 3.39. The van der Waals surface area contributed by atoms with Crippen molar-refractivity contribution in [2.24, 2.45) is 0 Å². The van der Waals surface area contributed by atoms with E-state index >= 15 is 0 Å². The summed E-state index contributed by atoms with van der Waals surface area (Å²) in [5.41, 5.74) is 9.73.